The van der Waals surface area contributed by atoms with Crippen LogP contribution < -0.4 is 10.6 Å². The van der Waals surface area contributed by atoms with Crippen molar-refractivity contribution < 1.29 is 13.2 Å². The summed E-state index contributed by atoms with van der Waals surface area (Å²) in [6, 6.07) is 4.68. The third-order valence-corrected chi connectivity index (χ3v) is 6.55. The Morgan fingerprint density at radius 3 is 2.65 bits per heavy atom. The molecule has 2 aromatic rings. The van der Waals surface area contributed by atoms with Crippen molar-refractivity contribution in [2.45, 2.75) is 33.2 Å². The maximum Gasteiger partial charge on any atom is 0.323 e. The Labute approximate surface area is 157 Å². The molecule has 1 saturated heterocycles. The summed E-state index contributed by atoms with van der Waals surface area (Å²) < 4.78 is 25.2. The first kappa shape index (κ1) is 18.7. The maximum absolute atomic E-state index is 12.4. The molecule has 2 amide bonds. The van der Waals surface area contributed by atoms with Crippen LogP contribution in [0.2, 0.25) is 5.02 Å². The number of amides is 2. The van der Waals surface area contributed by atoms with Crippen LogP contribution in [-0.4, -0.2) is 35.7 Å². The zero-order valence-electron chi connectivity index (χ0n) is 14.8. The van der Waals surface area contributed by atoms with Crippen molar-refractivity contribution in [3.05, 3.63) is 40.2 Å². The van der Waals surface area contributed by atoms with Crippen LogP contribution in [0.25, 0.3) is 0 Å². The van der Waals surface area contributed by atoms with E-state index < -0.39 is 15.9 Å². The number of carbonyl (C=O) groups excluding carboxylic acids is 1. The highest BCUT2D eigenvalue weighted by atomic mass is 35.5. The van der Waals surface area contributed by atoms with E-state index in [4.69, 9.17) is 11.6 Å². The molecule has 0 saturated carbocycles. The zero-order valence-corrected chi connectivity index (χ0v) is 16.4. The van der Waals surface area contributed by atoms with Crippen molar-refractivity contribution in [1.82, 2.24) is 9.78 Å². The molecule has 1 atom stereocenters. The summed E-state index contributed by atoms with van der Waals surface area (Å²) >= 11 is 5.98. The second kappa shape index (κ2) is 6.92. The predicted molar refractivity (Wildman–Crippen MR) is 103 cm³/mol. The van der Waals surface area contributed by atoms with Gasteiger partial charge in [-0.05, 0) is 44.9 Å². The highest BCUT2D eigenvalue weighted by Crippen LogP contribution is 2.29. The SMILES string of the molecule is Cc1ccc(Cl)cc1NC(=O)Nc1c(C)nn(C2CCS(=O)(=O)C2)c1C. The Morgan fingerprint density at radius 2 is 2.00 bits per heavy atom. The lowest BCUT2D eigenvalue weighted by Crippen LogP contribution is -2.21. The number of hydrogen-bond acceptors (Lipinski definition) is 4. The summed E-state index contributed by atoms with van der Waals surface area (Å²) in [5.41, 5.74) is 3.49. The Morgan fingerprint density at radius 1 is 1.27 bits per heavy atom. The lowest BCUT2D eigenvalue weighted by atomic mass is 10.2. The van der Waals surface area contributed by atoms with Crippen LogP contribution in [-0.2, 0) is 9.84 Å². The summed E-state index contributed by atoms with van der Waals surface area (Å²) in [6.07, 6.45) is 0.539. The Balaban J connectivity index is 1.78. The molecule has 1 aromatic heterocycles. The molecule has 26 heavy (non-hydrogen) atoms. The molecule has 1 unspecified atom stereocenters. The van der Waals surface area contributed by atoms with Crippen molar-refractivity contribution in [3.8, 4) is 0 Å². The van der Waals surface area contributed by atoms with Gasteiger partial charge in [-0.15, -0.1) is 0 Å². The Hall–Kier alpha value is -2.06. The van der Waals surface area contributed by atoms with Crippen LogP contribution in [0.5, 0.6) is 0 Å². The lowest BCUT2D eigenvalue weighted by Gasteiger charge is -2.13. The van der Waals surface area contributed by atoms with Crippen molar-refractivity contribution in [2.75, 3.05) is 22.1 Å². The summed E-state index contributed by atoms with van der Waals surface area (Å²) in [7, 11) is -3.01. The molecule has 0 bridgehead atoms. The molecule has 140 valence electrons. The third kappa shape index (κ3) is 3.86. The van der Waals surface area contributed by atoms with Gasteiger partial charge in [-0.1, -0.05) is 17.7 Å². The van der Waals surface area contributed by atoms with E-state index in [9.17, 15) is 13.2 Å². The quantitative estimate of drug-likeness (QED) is 0.830. The summed E-state index contributed by atoms with van der Waals surface area (Å²) in [4.78, 5) is 12.4. The van der Waals surface area contributed by atoms with Crippen LogP contribution in [0, 0.1) is 20.8 Å². The summed E-state index contributed by atoms with van der Waals surface area (Å²) in [5, 5.41) is 10.6. The van der Waals surface area contributed by atoms with E-state index in [2.05, 4.69) is 15.7 Å². The van der Waals surface area contributed by atoms with E-state index in [1.165, 1.54) is 0 Å². The molecule has 1 aliphatic rings. The second-order valence-corrected chi connectivity index (χ2v) is 9.25. The molecule has 3 rings (SSSR count). The van der Waals surface area contributed by atoms with Crippen molar-refractivity contribution in [1.29, 1.82) is 0 Å². The molecule has 9 heteroatoms. The van der Waals surface area contributed by atoms with Crippen LogP contribution in [0.4, 0.5) is 16.2 Å². The molecular weight excluding hydrogens is 376 g/mol. The fourth-order valence-corrected chi connectivity index (χ4v) is 5.03. The van der Waals surface area contributed by atoms with Crippen molar-refractivity contribution >= 4 is 38.8 Å². The second-order valence-electron chi connectivity index (χ2n) is 6.59. The molecule has 2 heterocycles. The smallest absolute Gasteiger partial charge is 0.307 e. The topological polar surface area (TPSA) is 93.1 Å². The monoisotopic (exact) mass is 396 g/mol. The van der Waals surface area contributed by atoms with Crippen molar-refractivity contribution in [3.63, 3.8) is 0 Å². The van der Waals surface area contributed by atoms with Gasteiger partial charge in [0.15, 0.2) is 9.84 Å². The standard InChI is InChI=1S/C17H21ClN4O3S/c1-10-4-5-13(18)8-15(10)19-17(23)20-16-11(2)21-22(12(16)3)14-6-7-26(24,25)9-14/h4-5,8,14H,6-7,9H2,1-3H3,(H2,19,20,23). The number of hydrogen-bond donors (Lipinski definition) is 2. The normalized spacial score (nSPS) is 18.7. The number of aryl methyl sites for hydroxylation is 2. The fourth-order valence-electron chi connectivity index (χ4n) is 3.16. The van der Waals surface area contributed by atoms with Gasteiger partial charge in [0.25, 0.3) is 0 Å². The lowest BCUT2D eigenvalue weighted by molar-refractivity contribution is 0.262. The van der Waals surface area contributed by atoms with Gasteiger partial charge < -0.3 is 10.6 Å². The summed E-state index contributed by atoms with van der Waals surface area (Å²) in [5.74, 6) is 0.260. The van der Waals surface area contributed by atoms with E-state index in [1.54, 1.807) is 23.7 Å². The van der Waals surface area contributed by atoms with Gasteiger partial charge in [-0.2, -0.15) is 5.10 Å². The number of aromatic nitrogens is 2. The Bertz CT molecular complexity index is 969. The van der Waals surface area contributed by atoms with Crippen LogP contribution in [0.15, 0.2) is 18.2 Å². The highest BCUT2D eigenvalue weighted by molar-refractivity contribution is 7.91. The number of rotatable bonds is 3. The fraction of sp³-hybridized carbons (Fsp3) is 0.412. The van der Waals surface area contributed by atoms with Crippen LogP contribution in [0.3, 0.4) is 0 Å². The van der Waals surface area contributed by atoms with Gasteiger partial charge in [0.2, 0.25) is 0 Å². The number of carbonyl (C=O) groups is 1. The largest absolute Gasteiger partial charge is 0.323 e. The number of halogens is 1. The third-order valence-electron chi connectivity index (χ3n) is 4.57. The van der Waals surface area contributed by atoms with E-state index in [0.717, 1.165) is 11.3 Å². The first-order valence-corrected chi connectivity index (χ1v) is 10.5. The average Bonchev–Trinajstić information content (AvgIpc) is 3.04. The maximum atomic E-state index is 12.4. The number of anilines is 2. The van der Waals surface area contributed by atoms with Crippen LogP contribution >= 0.6 is 11.6 Å². The molecule has 0 aliphatic carbocycles. The predicted octanol–water partition coefficient (Wildman–Crippen LogP) is 3.47. The molecule has 7 nitrogen and oxygen atoms in total. The zero-order chi connectivity index (χ0) is 19.1. The molecule has 0 spiro atoms. The number of sulfone groups is 1. The van der Waals surface area contributed by atoms with Crippen molar-refractivity contribution in [2.24, 2.45) is 0 Å². The Kier molecular flexibility index (Phi) is 4.98. The molecule has 1 aliphatic heterocycles. The minimum absolute atomic E-state index is 0.0856. The minimum atomic E-state index is -3.01. The number of nitrogens with zero attached hydrogens (tertiary/aromatic N) is 2. The highest BCUT2D eigenvalue weighted by Gasteiger charge is 2.31. The molecule has 2 N–H and O–H groups in total. The summed E-state index contributed by atoms with van der Waals surface area (Å²) in [6.45, 7) is 5.49. The average molecular weight is 397 g/mol. The number of benzene rings is 1. The van der Waals surface area contributed by atoms with E-state index in [0.29, 0.717) is 28.5 Å². The van der Waals surface area contributed by atoms with Gasteiger partial charge in [0.05, 0.1) is 34.6 Å². The van der Waals surface area contributed by atoms with E-state index in [1.807, 2.05) is 19.9 Å². The van der Waals surface area contributed by atoms with E-state index in [-0.39, 0.29) is 17.5 Å². The van der Waals surface area contributed by atoms with Gasteiger partial charge >= 0.3 is 6.03 Å². The van der Waals surface area contributed by atoms with Gasteiger partial charge in [0.1, 0.15) is 0 Å². The number of urea groups is 1. The minimum Gasteiger partial charge on any atom is -0.307 e. The van der Waals surface area contributed by atoms with E-state index >= 15 is 0 Å². The molecule has 0 radical (unpaired) electrons. The molecule has 1 fully saturated rings. The first-order valence-electron chi connectivity index (χ1n) is 8.26. The molecule has 1 aromatic carbocycles. The number of nitrogens with one attached hydrogen (secondary N) is 2. The van der Waals surface area contributed by atoms with Gasteiger partial charge in [0, 0.05) is 10.7 Å². The molecular formula is C17H21ClN4O3S. The van der Waals surface area contributed by atoms with Gasteiger partial charge in [-0.25, -0.2) is 13.2 Å². The van der Waals surface area contributed by atoms with Crippen LogP contribution in [0.1, 0.15) is 29.4 Å². The van der Waals surface area contributed by atoms with Gasteiger partial charge in [-0.3, -0.25) is 4.68 Å². The first-order chi connectivity index (χ1) is 12.2.